The molecule has 1 heterocycles. The van der Waals surface area contributed by atoms with Crippen molar-refractivity contribution in [2.75, 3.05) is 5.32 Å². The molecule has 0 aliphatic carbocycles. The number of benzene rings is 1. The molecule has 0 bridgehead atoms. The minimum atomic E-state index is -0.712. The van der Waals surface area contributed by atoms with Gasteiger partial charge in [-0.3, -0.25) is 4.79 Å². The Labute approximate surface area is 121 Å². The molecule has 0 radical (unpaired) electrons. The van der Waals surface area contributed by atoms with Crippen LogP contribution in [-0.2, 0) is 11.2 Å². The number of carbonyl (C=O) groups is 1. The van der Waals surface area contributed by atoms with Crippen molar-refractivity contribution in [3.05, 3.63) is 53.3 Å². The monoisotopic (exact) mass is 291 g/mol. The Balaban J connectivity index is 1.99. The first-order valence-corrected chi connectivity index (χ1v) is 6.39. The van der Waals surface area contributed by atoms with E-state index in [0.29, 0.717) is 12.1 Å². The van der Waals surface area contributed by atoms with E-state index in [9.17, 15) is 9.90 Å². The maximum Gasteiger partial charge on any atom is 0.241 e. The van der Waals surface area contributed by atoms with Gasteiger partial charge in [0.2, 0.25) is 5.91 Å². The highest BCUT2D eigenvalue weighted by atomic mass is 35.5. The average Bonchev–Trinajstić information content (AvgIpc) is 2.44. The molecule has 0 unspecified atom stereocenters. The molecule has 20 heavy (non-hydrogen) atoms. The molecular weight excluding hydrogens is 278 g/mol. The Morgan fingerprint density at radius 1 is 1.35 bits per heavy atom. The van der Waals surface area contributed by atoms with Crippen LogP contribution < -0.4 is 11.1 Å². The molecular formula is C14H14ClN3O2. The van der Waals surface area contributed by atoms with Gasteiger partial charge in [0.25, 0.3) is 0 Å². The first-order chi connectivity index (χ1) is 9.56. The van der Waals surface area contributed by atoms with Crippen molar-refractivity contribution in [2.45, 2.75) is 12.5 Å². The number of nitrogens with one attached hydrogen (secondary N) is 1. The van der Waals surface area contributed by atoms with E-state index in [4.69, 9.17) is 17.3 Å². The van der Waals surface area contributed by atoms with E-state index in [1.807, 2.05) is 0 Å². The molecule has 1 aromatic carbocycles. The van der Waals surface area contributed by atoms with Crippen molar-refractivity contribution in [2.24, 2.45) is 5.73 Å². The third-order valence-corrected chi connectivity index (χ3v) is 3.05. The number of pyridine rings is 1. The van der Waals surface area contributed by atoms with Crippen LogP contribution >= 0.6 is 11.6 Å². The zero-order valence-electron chi connectivity index (χ0n) is 10.6. The molecule has 5 nitrogen and oxygen atoms in total. The number of hydrogen-bond donors (Lipinski definition) is 3. The summed E-state index contributed by atoms with van der Waals surface area (Å²) in [5.74, 6) is -0.165. The van der Waals surface area contributed by atoms with Crippen LogP contribution in [0.3, 0.4) is 0 Å². The normalized spacial score (nSPS) is 11.9. The maximum atomic E-state index is 12.0. The third kappa shape index (κ3) is 3.69. The molecule has 0 saturated carbocycles. The number of aromatic nitrogens is 1. The summed E-state index contributed by atoms with van der Waals surface area (Å²) in [5, 5.41) is 12.0. The molecule has 1 aromatic heterocycles. The smallest absolute Gasteiger partial charge is 0.241 e. The second-order valence-corrected chi connectivity index (χ2v) is 4.67. The fourth-order valence-corrected chi connectivity index (χ4v) is 1.85. The van der Waals surface area contributed by atoms with Crippen molar-refractivity contribution in [1.82, 2.24) is 4.98 Å². The van der Waals surface area contributed by atoms with Gasteiger partial charge in [-0.25, -0.2) is 4.98 Å². The highest BCUT2D eigenvalue weighted by Crippen LogP contribution is 2.18. The van der Waals surface area contributed by atoms with E-state index in [1.165, 1.54) is 6.20 Å². The van der Waals surface area contributed by atoms with Crippen LogP contribution in [0.15, 0.2) is 42.6 Å². The molecule has 0 spiro atoms. The van der Waals surface area contributed by atoms with Gasteiger partial charge in [0.1, 0.15) is 5.75 Å². The van der Waals surface area contributed by atoms with Crippen molar-refractivity contribution < 1.29 is 9.90 Å². The lowest BCUT2D eigenvalue weighted by atomic mass is 10.1. The number of phenolic OH excluding ortho intramolecular Hbond substituents is 1. The molecule has 0 fully saturated rings. The predicted octanol–water partition coefficient (Wildman–Crippen LogP) is 1.95. The van der Waals surface area contributed by atoms with Gasteiger partial charge in [0.05, 0.1) is 11.7 Å². The summed E-state index contributed by atoms with van der Waals surface area (Å²) in [6.45, 7) is 0. The lowest BCUT2D eigenvalue weighted by Crippen LogP contribution is -2.37. The summed E-state index contributed by atoms with van der Waals surface area (Å²) in [6, 6.07) is 9.17. The van der Waals surface area contributed by atoms with Gasteiger partial charge in [-0.15, -0.1) is 0 Å². The number of hydrogen-bond acceptors (Lipinski definition) is 4. The maximum absolute atomic E-state index is 12.0. The van der Waals surface area contributed by atoms with Crippen molar-refractivity contribution in [3.8, 4) is 5.75 Å². The van der Waals surface area contributed by atoms with Crippen molar-refractivity contribution >= 4 is 23.2 Å². The Morgan fingerprint density at radius 2 is 2.05 bits per heavy atom. The molecule has 104 valence electrons. The topological polar surface area (TPSA) is 88.2 Å². The summed E-state index contributed by atoms with van der Waals surface area (Å²) in [6.07, 6.45) is 1.90. The Morgan fingerprint density at radius 3 is 2.70 bits per heavy atom. The SMILES string of the molecule is N[C@@H](Cc1ccc(O)cc1)C(=O)Nc1cccnc1Cl. The lowest BCUT2D eigenvalue weighted by Gasteiger charge is -2.13. The zero-order chi connectivity index (χ0) is 14.5. The summed E-state index contributed by atoms with van der Waals surface area (Å²) in [5.41, 5.74) is 7.14. The number of aromatic hydroxyl groups is 1. The van der Waals surface area contributed by atoms with Crippen LogP contribution in [0.25, 0.3) is 0 Å². The molecule has 0 saturated heterocycles. The summed E-state index contributed by atoms with van der Waals surface area (Å²) >= 11 is 5.86. The molecule has 0 aliphatic heterocycles. The number of halogens is 1. The number of nitrogens with two attached hydrogens (primary N) is 1. The highest BCUT2D eigenvalue weighted by molar-refractivity contribution is 6.32. The number of amides is 1. The average molecular weight is 292 g/mol. The number of phenols is 1. The van der Waals surface area contributed by atoms with Crippen LogP contribution in [0.2, 0.25) is 5.15 Å². The highest BCUT2D eigenvalue weighted by Gasteiger charge is 2.15. The van der Waals surface area contributed by atoms with Crippen LogP contribution in [0.4, 0.5) is 5.69 Å². The van der Waals surface area contributed by atoms with E-state index >= 15 is 0 Å². The summed E-state index contributed by atoms with van der Waals surface area (Å²) in [4.78, 5) is 15.8. The van der Waals surface area contributed by atoms with E-state index in [1.54, 1.807) is 36.4 Å². The van der Waals surface area contributed by atoms with Gasteiger partial charge in [0.15, 0.2) is 5.15 Å². The number of rotatable bonds is 4. The quantitative estimate of drug-likeness (QED) is 0.751. The fraction of sp³-hybridized carbons (Fsp3) is 0.143. The molecule has 1 atom stereocenters. The van der Waals surface area contributed by atoms with Gasteiger partial charge in [-0.2, -0.15) is 0 Å². The second kappa shape index (κ2) is 6.36. The van der Waals surface area contributed by atoms with E-state index in [-0.39, 0.29) is 16.8 Å². The molecule has 6 heteroatoms. The minimum absolute atomic E-state index is 0.175. The largest absolute Gasteiger partial charge is 0.508 e. The Bertz CT molecular complexity index is 602. The third-order valence-electron chi connectivity index (χ3n) is 2.75. The van der Waals surface area contributed by atoms with E-state index in [2.05, 4.69) is 10.3 Å². The molecule has 2 rings (SSSR count). The first-order valence-electron chi connectivity index (χ1n) is 6.01. The second-order valence-electron chi connectivity index (χ2n) is 4.31. The number of anilines is 1. The van der Waals surface area contributed by atoms with Gasteiger partial charge in [0, 0.05) is 6.20 Å². The first kappa shape index (κ1) is 14.3. The molecule has 2 aromatic rings. The summed E-state index contributed by atoms with van der Waals surface area (Å²) < 4.78 is 0. The van der Waals surface area contributed by atoms with Crippen LogP contribution in [0.5, 0.6) is 5.75 Å². The van der Waals surface area contributed by atoms with Gasteiger partial charge in [-0.05, 0) is 36.2 Å². The van der Waals surface area contributed by atoms with Crippen LogP contribution in [0, 0.1) is 0 Å². The van der Waals surface area contributed by atoms with Crippen LogP contribution in [0.1, 0.15) is 5.56 Å². The standard InChI is InChI=1S/C14H14ClN3O2/c15-13-12(2-1-7-17-13)18-14(20)11(16)8-9-3-5-10(19)6-4-9/h1-7,11,19H,8,16H2,(H,18,20)/t11-/m0/s1. The number of nitrogens with zero attached hydrogens (tertiary/aromatic N) is 1. The van der Waals surface area contributed by atoms with E-state index < -0.39 is 6.04 Å². The predicted molar refractivity (Wildman–Crippen MR) is 77.7 cm³/mol. The Kier molecular flexibility index (Phi) is 4.55. The zero-order valence-corrected chi connectivity index (χ0v) is 11.3. The minimum Gasteiger partial charge on any atom is -0.508 e. The lowest BCUT2D eigenvalue weighted by molar-refractivity contribution is -0.117. The van der Waals surface area contributed by atoms with Crippen molar-refractivity contribution in [3.63, 3.8) is 0 Å². The Hall–Kier alpha value is -2.11. The van der Waals surface area contributed by atoms with Gasteiger partial charge in [-0.1, -0.05) is 23.7 Å². The molecule has 1 amide bonds. The van der Waals surface area contributed by atoms with E-state index in [0.717, 1.165) is 5.56 Å². The van der Waals surface area contributed by atoms with Crippen molar-refractivity contribution in [1.29, 1.82) is 0 Å². The number of carbonyl (C=O) groups excluding carboxylic acids is 1. The fourth-order valence-electron chi connectivity index (χ4n) is 1.68. The van der Waals surface area contributed by atoms with Gasteiger partial charge < -0.3 is 16.2 Å². The summed E-state index contributed by atoms with van der Waals surface area (Å²) in [7, 11) is 0. The van der Waals surface area contributed by atoms with Crippen LogP contribution in [-0.4, -0.2) is 22.0 Å². The molecule has 4 N–H and O–H groups in total. The molecule has 0 aliphatic rings. The van der Waals surface area contributed by atoms with Gasteiger partial charge >= 0.3 is 0 Å².